The molecule has 0 spiro atoms. The molecule has 3 heterocycles. The standard InChI is InChI=1S/C17H16N4O/c18-13-4-1-3-12(9-13)15-10-19-16-7-6-14(11-21(15)16)20-8-2-5-17(20)22/h1,3-4,6-7,9-11H,2,5,8,18H2. The molecule has 3 aromatic rings. The van der Waals surface area contributed by atoms with Crippen LogP contribution in [0.2, 0.25) is 0 Å². The molecular weight excluding hydrogens is 276 g/mol. The number of hydrogen-bond acceptors (Lipinski definition) is 3. The topological polar surface area (TPSA) is 63.6 Å². The Morgan fingerprint density at radius 2 is 2.09 bits per heavy atom. The summed E-state index contributed by atoms with van der Waals surface area (Å²) in [5.74, 6) is 0.185. The van der Waals surface area contributed by atoms with Gasteiger partial charge >= 0.3 is 0 Å². The second-order valence-electron chi connectivity index (χ2n) is 5.53. The van der Waals surface area contributed by atoms with Gasteiger partial charge in [0.1, 0.15) is 5.65 Å². The average Bonchev–Trinajstić information content (AvgIpc) is 3.12. The highest BCUT2D eigenvalue weighted by molar-refractivity contribution is 5.95. The number of nitrogens with two attached hydrogens (primary N) is 1. The van der Waals surface area contributed by atoms with Crippen molar-refractivity contribution >= 4 is 22.9 Å². The quantitative estimate of drug-likeness (QED) is 0.739. The number of rotatable bonds is 2. The van der Waals surface area contributed by atoms with Gasteiger partial charge in [-0.15, -0.1) is 0 Å². The van der Waals surface area contributed by atoms with E-state index in [0.717, 1.165) is 41.2 Å². The van der Waals surface area contributed by atoms with E-state index in [4.69, 9.17) is 5.73 Å². The Bertz CT molecular complexity index is 868. The Kier molecular flexibility index (Phi) is 2.85. The van der Waals surface area contributed by atoms with Crippen LogP contribution >= 0.6 is 0 Å². The summed E-state index contributed by atoms with van der Waals surface area (Å²) in [6.07, 6.45) is 5.36. The zero-order valence-corrected chi connectivity index (χ0v) is 12.1. The van der Waals surface area contributed by atoms with Crippen molar-refractivity contribution in [2.45, 2.75) is 12.8 Å². The highest BCUT2D eigenvalue weighted by Crippen LogP contribution is 2.26. The van der Waals surface area contributed by atoms with Crippen molar-refractivity contribution in [1.29, 1.82) is 0 Å². The molecular formula is C17H16N4O. The summed E-state index contributed by atoms with van der Waals surface area (Å²) in [6.45, 7) is 0.784. The lowest BCUT2D eigenvalue weighted by Gasteiger charge is -2.16. The molecule has 2 N–H and O–H groups in total. The van der Waals surface area contributed by atoms with Gasteiger partial charge in [-0.2, -0.15) is 0 Å². The maximum absolute atomic E-state index is 11.9. The molecule has 0 aliphatic carbocycles. The first-order valence-electron chi connectivity index (χ1n) is 7.36. The molecule has 1 fully saturated rings. The zero-order chi connectivity index (χ0) is 15.1. The van der Waals surface area contributed by atoms with E-state index in [2.05, 4.69) is 4.98 Å². The van der Waals surface area contributed by atoms with E-state index in [0.29, 0.717) is 6.42 Å². The number of carbonyl (C=O) groups is 1. The van der Waals surface area contributed by atoms with Crippen molar-refractivity contribution in [1.82, 2.24) is 9.38 Å². The van der Waals surface area contributed by atoms with Gasteiger partial charge < -0.3 is 10.6 Å². The van der Waals surface area contributed by atoms with E-state index in [9.17, 15) is 4.79 Å². The number of imidazole rings is 1. The summed E-state index contributed by atoms with van der Waals surface area (Å²) >= 11 is 0. The molecule has 5 nitrogen and oxygen atoms in total. The van der Waals surface area contributed by atoms with Crippen LogP contribution in [0.3, 0.4) is 0 Å². The van der Waals surface area contributed by atoms with E-state index in [1.54, 1.807) is 0 Å². The monoisotopic (exact) mass is 292 g/mol. The van der Waals surface area contributed by atoms with Crippen LogP contribution in [0.4, 0.5) is 11.4 Å². The fourth-order valence-corrected chi connectivity index (χ4v) is 2.96. The minimum absolute atomic E-state index is 0.185. The van der Waals surface area contributed by atoms with Gasteiger partial charge in [0.2, 0.25) is 5.91 Å². The predicted molar refractivity (Wildman–Crippen MR) is 86.6 cm³/mol. The van der Waals surface area contributed by atoms with Crippen molar-refractivity contribution < 1.29 is 4.79 Å². The molecule has 1 amide bonds. The number of aromatic nitrogens is 2. The number of benzene rings is 1. The second kappa shape index (κ2) is 4.87. The number of carbonyl (C=O) groups excluding carboxylic acids is 1. The molecule has 1 aromatic carbocycles. The molecule has 0 unspecified atom stereocenters. The van der Waals surface area contributed by atoms with Gasteiger partial charge in [-0.05, 0) is 30.7 Å². The first kappa shape index (κ1) is 12.9. The Balaban J connectivity index is 1.85. The predicted octanol–water partition coefficient (Wildman–Crippen LogP) is 2.71. The molecule has 4 rings (SSSR count). The third-order valence-electron chi connectivity index (χ3n) is 4.06. The van der Waals surface area contributed by atoms with Gasteiger partial charge in [0.05, 0.1) is 17.6 Å². The Morgan fingerprint density at radius 3 is 2.86 bits per heavy atom. The van der Waals surface area contributed by atoms with Crippen LogP contribution in [0, 0.1) is 0 Å². The van der Waals surface area contributed by atoms with Crippen LogP contribution in [0.15, 0.2) is 48.8 Å². The maximum atomic E-state index is 11.9. The Morgan fingerprint density at radius 1 is 1.18 bits per heavy atom. The highest BCUT2D eigenvalue weighted by atomic mass is 16.2. The van der Waals surface area contributed by atoms with E-state index >= 15 is 0 Å². The summed E-state index contributed by atoms with van der Waals surface area (Å²) in [6, 6.07) is 11.6. The molecule has 1 saturated heterocycles. The minimum atomic E-state index is 0.185. The number of nitrogen functional groups attached to an aromatic ring is 1. The molecule has 22 heavy (non-hydrogen) atoms. The fraction of sp³-hybridized carbons (Fsp3) is 0.176. The fourth-order valence-electron chi connectivity index (χ4n) is 2.96. The first-order chi connectivity index (χ1) is 10.7. The van der Waals surface area contributed by atoms with Crippen LogP contribution in [-0.4, -0.2) is 21.8 Å². The van der Waals surface area contributed by atoms with Gasteiger partial charge in [0.15, 0.2) is 0 Å². The van der Waals surface area contributed by atoms with Crippen LogP contribution in [0.25, 0.3) is 16.9 Å². The Hall–Kier alpha value is -2.82. The largest absolute Gasteiger partial charge is 0.399 e. The summed E-state index contributed by atoms with van der Waals surface area (Å²) in [7, 11) is 0. The summed E-state index contributed by atoms with van der Waals surface area (Å²) in [5.41, 5.74) is 10.3. The highest BCUT2D eigenvalue weighted by Gasteiger charge is 2.22. The SMILES string of the molecule is Nc1cccc(-c2cnc3ccc(N4CCCC4=O)cn23)c1. The number of fused-ring (bicyclic) bond motifs is 1. The number of hydrogen-bond donors (Lipinski definition) is 1. The summed E-state index contributed by atoms with van der Waals surface area (Å²) in [5, 5.41) is 0. The number of anilines is 2. The molecule has 1 aliphatic rings. The zero-order valence-electron chi connectivity index (χ0n) is 12.1. The van der Waals surface area contributed by atoms with Crippen LogP contribution < -0.4 is 10.6 Å². The number of pyridine rings is 1. The molecule has 1 aliphatic heterocycles. The van der Waals surface area contributed by atoms with Gasteiger partial charge in [-0.1, -0.05) is 12.1 Å². The molecule has 0 saturated carbocycles. The Labute approximate surface area is 128 Å². The van der Waals surface area contributed by atoms with Gasteiger partial charge in [-0.25, -0.2) is 4.98 Å². The van der Waals surface area contributed by atoms with Gasteiger partial charge in [0, 0.05) is 30.4 Å². The lowest BCUT2D eigenvalue weighted by Crippen LogP contribution is -2.23. The molecule has 0 bridgehead atoms. The van der Waals surface area contributed by atoms with Crippen molar-refractivity contribution in [3.05, 3.63) is 48.8 Å². The minimum Gasteiger partial charge on any atom is -0.399 e. The lowest BCUT2D eigenvalue weighted by molar-refractivity contribution is -0.117. The lowest BCUT2D eigenvalue weighted by atomic mass is 10.1. The van der Waals surface area contributed by atoms with Crippen molar-refractivity contribution in [3.63, 3.8) is 0 Å². The number of amides is 1. The molecule has 5 heteroatoms. The average molecular weight is 292 g/mol. The molecule has 0 atom stereocenters. The molecule has 2 aromatic heterocycles. The van der Waals surface area contributed by atoms with Crippen LogP contribution in [0.1, 0.15) is 12.8 Å². The van der Waals surface area contributed by atoms with E-state index < -0.39 is 0 Å². The summed E-state index contributed by atoms with van der Waals surface area (Å²) < 4.78 is 2.01. The maximum Gasteiger partial charge on any atom is 0.227 e. The molecule has 110 valence electrons. The molecule has 0 radical (unpaired) electrons. The van der Waals surface area contributed by atoms with Crippen LogP contribution in [-0.2, 0) is 4.79 Å². The number of nitrogens with zero attached hydrogens (tertiary/aromatic N) is 3. The third kappa shape index (κ3) is 2.02. The van der Waals surface area contributed by atoms with E-state index in [1.165, 1.54) is 0 Å². The summed E-state index contributed by atoms with van der Waals surface area (Å²) in [4.78, 5) is 18.2. The normalized spacial score (nSPS) is 14.9. The smallest absolute Gasteiger partial charge is 0.227 e. The second-order valence-corrected chi connectivity index (χ2v) is 5.53. The van der Waals surface area contributed by atoms with Crippen molar-refractivity contribution in [3.8, 4) is 11.3 Å². The van der Waals surface area contributed by atoms with Crippen LogP contribution in [0.5, 0.6) is 0 Å². The van der Waals surface area contributed by atoms with Gasteiger partial charge in [0.25, 0.3) is 0 Å². The third-order valence-corrected chi connectivity index (χ3v) is 4.06. The first-order valence-corrected chi connectivity index (χ1v) is 7.36. The van der Waals surface area contributed by atoms with Crippen molar-refractivity contribution in [2.75, 3.05) is 17.2 Å². The van der Waals surface area contributed by atoms with Gasteiger partial charge in [-0.3, -0.25) is 9.20 Å². The van der Waals surface area contributed by atoms with Crippen molar-refractivity contribution in [2.24, 2.45) is 0 Å². The van der Waals surface area contributed by atoms with E-state index in [-0.39, 0.29) is 5.91 Å². The van der Waals surface area contributed by atoms with E-state index in [1.807, 2.05) is 58.1 Å².